The van der Waals surface area contributed by atoms with Crippen LogP contribution in [0.2, 0.25) is 0 Å². The van der Waals surface area contributed by atoms with Gasteiger partial charge in [-0.2, -0.15) is 0 Å². The molecule has 4 aromatic rings. The Balaban J connectivity index is 1.35. The van der Waals surface area contributed by atoms with Crippen LogP contribution < -0.4 is 5.56 Å². The number of fused-ring (bicyclic) bond motifs is 1. The number of hydrogen-bond acceptors (Lipinski definition) is 8. The third-order valence-corrected chi connectivity index (χ3v) is 7.23. The number of nitrogens with zero attached hydrogens (tertiary/aromatic N) is 6. The number of aromatic amines is 1. The van der Waals surface area contributed by atoms with Gasteiger partial charge in [-0.05, 0) is 65.9 Å². The summed E-state index contributed by atoms with van der Waals surface area (Å²) in [7, 11) is 0. The van der Waals surface area contributed by atoms with Crippen LogP contribution in [0.4, 0.5) is 0 Å². The minimum atomic E-state index is -0.481. The number of carbonyl (C=O) groups excluding carboxylic acids is 1. The predicted octanol–water partition coefficient (Wildman–Crippen LogP) is 2.14. The molecule has 192 valence electrons. The topological polar surface area (TPSA) is 122 Å². The van der Waals surface area contributed by atoms with E-state index >= 15 is 0 Å². The van der Waals surface area contributed by atoms with Crippen LogP contribution >= 0.6 is 0 Å². The number of amides is 1. The number of hydrogen-bond donors (Lipinski definition) is 1. The highest BCUT2D eigenvalue weighted by molar-refractivity contribution is 5.91. The lowest BCUT2D eigenvalue weighted by atomic mass is 10.0. The number of furan rings is 1. The van der Waals surface area contributed by atoms with Gasteiger partial charge in [0.05, 0.1) is 18.9 Å². The molecule has 0 aliphatic carbocycles. The maximum Gasteiger partial charge on any atom is 0.289 e. The van der Waals surface area contributed by atoms with E-state index < -0.39 is 6.04 Å². The average molecular weight is 504 g/mol. The van der Waals surface area contributed by atoms with E-state index in [9.17, 15) is 9.59 Å². The van der Waals surface area contributed by atoms with Crippen LogP contribution in [0.1, 0.15) is 46.4 Å². The first kappa shape index (κ1) is 23.6. The zero-order valence-corrected chi connectivity index (χ0v) is 20.7. The van der Waals surface area contributed by atoms with Gasteiger partial charge in [0, 0.05) is 43.9 Å². The molecule has 0 radical (unpaired) electrons. The zero-order valence-electron chi connectivity index (χ0n) is 20.7. The molecule has 0 saturated carbocycles. The van der Waals surface area contributed by atoms with E-state index in [0.717, 1.165) is 35.9 Å². The third kappa shape index (κ3) is 4.67. The Morgan fingerprint density at radius 3 is 2.81 bits per heavy atom. The number of piperazine rings is 1. The second kappa shape index (κ2) is 9.91. The summed E-state index contributed by atoms with van der Waals surface area (Å²) in [6, 6.07) is 10.8. The highest BCUT2D eigenvalue weighted by Gasteiger charge is 2.34. The van der Waals surface area contributed by atoms with Crippen LogP contribution in [-0.2, 0) is 11.3 Å². The van der Waals surface area contributed by atoms with Gasteiger partial charge in [-0.25, -0.2) is 4.68 Å². The lowest BCUT2D eigenvalue weighted by molar-refractivity contribution is 0.0550. The molecule has 1 aromatic carbocycles. The number of rotatable bonds is 6. The van der Waals surface area contributed by atoms with Crippen molar-refractivity contribution in [2.24, 2.45) is 0 Å². The molecule has 11 nitrogen and oxygen atoms in total. The summed E-state index contributed by atoms with van der Waals surface area (Å²) >= 11 is 0. The van der Waals surface area contributed by atoms with Crippen molar-refractivity contribution >= 4 is 16.8 Å². The number of ether oxygens (including phenoxy) is 1. The van der Waals surface area contributed by atoms with Gasteiger partial charge in [0.2, 0.25) is 0 Å². The molecule has 0 bridgehead atoms. The van der Waals surface area contributed by atoms with Gasteiger partial charge in [0.15, 0.2) is 11.6 Å². The van der Waals surface area contributed by atoms with Crippen molar-refractivity contribution in [1.29, 1.82) is 0 Å². The van der Waals surface area contributed by atoms with Gasteiger partial charge in [-0.1, -0.05) is 11.6 Å². The lowest BCUT2D eigenvalue weighted by Gasteiger charge is -2.38. The average Bonchev–Trinajstić information content (AvgIpc) is 3.69. The van der Waals surface area contributed by atoms with Gasteiger partial charge >= 0.3 is 0 Å². The summed E-state index contributed by atoms with van der Waals surface area (Å²) in [6.45, 7) is 5.38. The van der Waals surface area contributed by atoms with Crippen molar-refractivity contribution in [3.63, 3.8) is 0 Å². The first-order valence-corrected chi connectivity index (χ1v) is 12.6. The summed E-state index contributed by atoms with van der Waals surface area (Å²) in [5.41, 5.74) is 2.29. The van der Waals surface area contributed by atoms with Crippen LogP contribution in [0.5, 0.6) is 0 Å². The molecule has 2 fully saturated rings. The first-order chi connectivity index (χ1) is 18.1. The van der Waals surface area contributed by atoms with Crippen LogP contribution in [0.25, 0.3) is 10.9 Å². The molecular weight excluding hydrogens is 474 g/mol. The number of carbonyl (C=O) groups is 1. The van der Waals surface area contributed by atoms with Gasteiger partial charge in [-0.15, -0.1) is 5.10 Å². The van der Waals surface area contributed by atoms with Crippen molar-refractivity contribution in [3.8, 4) is 0 Å². The number of benzene rings is 1. The zero-order chi connectivity index (χ0) is 25.4. The molecule has 5 heterocycles. The molecule has 37 heavy (non-hydrogen) atoms. The summed E-state index contributed by atoms with van der Waals surface area (Å²) in [5.74, 6) is 0.786. The Hall–Kier alpha value is -3.83. The Labute approximate surface area is 213 Å². The maximum absolute atomic E-state index is 13.4. The molecule has 11 heteroatoms. The van der Waals surface area contributed by atoms with Crippen LogP contribution in [0, 0.1) is 6.92 Å². The maximum atomic E-state index is 13.4. The quantitative estimate of drug-likeness (QED) is 0.425. The Morgan fingerprint density at radius 2 is 2.05 bits per heavy atom. The highest BCUT2D eigenvalue weighted by atomic mass is 16.5. The highest BCUT2D eigenvalue weighted by Crippen LogP contribution is 2.29. The lowest BCUT2D eigenvalue weighted by Crippen LogP contribution is -2.50. The van der Waals surface area contributed by atoms with Crippen molar-refractivity contribution < 1.29 is 13.9 Å². The summed E-state index contributed by atoms with van der Waals surface area (Å²) in [6.07, 6.45) is 3.51. The standard InChI is InChI=1S/C26H29N7O4/c1-17-6-7-21-18(14-17)15-20(25(34)27-21)23(24-28-29-30-33(24)16-19-4-2-12-36-19)31-8-10-32(11-9-31)26(35)22-5-3-13-37-22/h3,5-7,13-15,19,23H,2,4,8-12,16H2,1H3,(H,27,34). The van der Waals surface area contributed by atoms with Gasteiger partial charge in [-0.3, -0.25) is 14.5 Å². The minimum absolute atomic E-state index is 0.0446. The number of pyridine rings is 1. The molecule has 2 atom stereocenters. The summed E-state index contributed by atoms with van der Waals surface area (Å²) in [4.78, 5) is 33.2. The molecule has 6 rings (SSSR count). The summed E-state index contributed by atoms with van der Waals surface area (Å²) in [5, 5.41) is 13.6. The van der Waals surface area contributed by atoms with Crippen molar-refractivity contribution in [2.45, 2.75) is 38.5 Å². The molecule has 1 N–H and O–H groups in total. The van der Waals surface area contributed by atoms with E-state index in [0.29, 0.717) is 49.9 Å². The number of aryl methyl sites for hydroxylation is 1. The predicted molar refractivity (Wildman–Crippen MR) is 134 cm³/mol. The Bertz CT molecular complexity index is 1450. The second-order valence-electron chi connectivity index (χ2n) is 9.71. The molecular formula is C26H29N7O4. The van der Waals surface area contributed by atoms with Crippen molar-refractivity contribution in [2.75, 3.05) is 32.8 Å². The molecule has 3 aromatic heterocycles. The second-order valence-corrected chi connectivity index (χ2v) is 9.71. The number of tetrazole rings is 1. The number of H-pyrrole nitrogens is 1. The van der Waals surface area contributed by atoms with Gasteiger partial charge in [0.1, 0.15) is 6.04 Å². The van der Waals surface area contributed by atoms with Gasteiger partial charge < -0.3 is 19.0 Å². The number of nitrogens with one attached hydrogen (secondary N) is 1. The monoisotopic (exact) mass is 503 g/mol. The normalized spacial score (nSPS) is 19.5. The molecule has 0 spiro atoms. The van der Waals surface area contributed by atoms with Crippen molar-refractivity contribution in [3.05, 3.63) is 75.7 Å². The fourth-order valence-electron chi connectivity index (χ4n) is 5.30. The van der Waals surface area contributed by atoms with E-state index in [1.54, 1.807) is 21.7 Å². The molecule has 1 amide bonds. The Morgan fingerprint density at radius 1 is 1.19 bits per heavy atom. The largest absolute Gasteiger partial charge is 0.459 e. The molecule has 2 saturated heterocycles. The van der Waals surface area contributed by atoms with Crippen molar-refractivity contribution in [1.82, 2.24) is 35.0 Å². The third-order valence-electron chi connectivity index (χ3n) is 7.23. The molecule has 2 aliphatic rings. The number of aromatic nitrogens is 5. The molecule has 2 aliphatic heterocycles. The smallest absolute Gasteiger partial charge is 0.289 e. The van der Waals surface area contributed by atoms with E-state index in [-0.39, 0.29) is 17.6 Å². The molecule has 2 unspecified atom stereocenters. The van der Waals surface area contributed by atoms with Crippen LogP contribution in [0.15, 0.2) is 51.9 Å². The van der Waals surface area contributed by atoms with Crippen LogP contribution in [0.3, 0.4) is 0 Å². The van der Waals surface area contributed by atoms with Gasteiger partial charge in [0.25, 0.3) is 11.5 Å². The van der Waals surface area contributed by atoms with E-state index in [2.05, 4.69) is 31.5 Å². The fourth-order valence-corrected chi connectivity index (χ4v) is 5.30. The Kier molecular flexibility index (Phi) is 6.31. The van der Waals surface area contributed by atoms with Crippen LogP contribution in [-0.4, -0.2) is 79.8 Å². The summed E-state index contributed by atoms with van der Waals surface area (Å²) < 4.78 is 12.9. The van der Waals surface area contributed by atoms with E-state index in [1.165, 1.54) is 6.26 Å². The first-order valence-electron chi connectivity index (χ1n) is 12.6. The fraction of sp³-hybridized carbons (Fsp3) is 0.423. The van der Waals surface area contributed by atoms with E-state index in [1.807, 2.05) is 25.1 Å². The minimum Gasteiger partial charge on any atom is -0.459 e. The van der Waals surface area contributed by atoms with E-state index in [4.69, 9.17) is 9.15 Å². The SMILES string of the molecule is Cc1ccc2[nH]c(=O)c(C(c3nnnn3CC3CCCO3)N3CCN(C(=O)c4ccco4)CC3)cc2c1.